The maximum atomic E-state index is 12.6. The first-order valence-corrected chi connectivity index (χ1v) is 5.13. The van der Waals surface area contributed by atoms with E-state index in [1.165, 1.54) is 12.1 Å². The quantitative estimate of drug-likeness (QED) is 0.837. The third-order valence-corrected chi connectivity index (χ3v) is 2.18. The molecule has 0 atom stereocenters. The van der Waals surface area contributed by atoms with E-state index in [0.717, 1.165) is 10.5 Å². The second kappa shape index (κ2) is 5.83. The van der Waals surface area contributed by atoms with Crippen LogP contribution in [0.25, 0.3) is 0 Å². The Hall–Kier alpha value is -2.11. The van der Waals surface area contributed by atoms with Crippen LogP contribution in [0, 0.1) is 5.82 Å². The van der Waals surface area contributed by atoms with Gasteiger partial charge in [0.15, 0.2) is 0 Å². The lowest BCUT2D eigenvalue weighted by Crippen LogP contribution is -2.46. The second-order valence-electron chi connectivity index (χ2n) is 3.37. The zero-order valence-electron chi connectivity index (χ0n) is 9.44. The first-order valence-electron chi connectivity index (χ1n) is 5.13. The van der Waals surface area contributed by atoms with Gasteiger partial charge < -0.3 is 11.1 Å². The first kappa shape index (κ1) is 13.0. The van der Waals surface area contributed by atoms with Crippen LogP contribution in [-0.2, 0) is 6.54 Å². The van der Waals surface area contributed by atoms with Crippen molar-refractivity contribution in [2.24, 2.45) is 5.73 Å². The number of hydrogen-bond donors (Lipinski definition) is 2. The minimum Gasteiger partial charge on any atom is -0.351 e. The Bertz CT molecular complexity index is 406. The van der Waals surface area contributed by atoms with Crippen LogP contribution in [-0.4, -0.2) is 23.5 Å². The number of urea groups is 2. The van der Waals surface area contributed by atoms with Gasteiger partial charge in [-0.05, 0) is 24.6 Å². The predicted molar refractivity (Wildman–Crippen MR) is 60.6 cm³/mol. The lowest BCUT2D eigenvalue weighted by molar-refractivity contribution is 0.193. The van der Waals surface area contributed by atoms with Crippen LogP contribution in [0.4, 0.5) is 14.0 Å². The molecule has 0 aromatic heterocycles. The van der Waals surface area contributed by atoms with Gasteiger partial charge in [0.25, 0.3) is 0 Å². The minimum absolute atomic E-state index is 0.199. The number of rotatable bonds is 3. The fourth-order valence-corrected chi connectivity index (χ4v) is 1.27. The van der Waals surface area contributed by atoms with E-state index in [9.17, 15) is 14.0 Å². The van der Waals surface area contributed by atoms with E-state index in [4.69, 9.17) is 5.73 Å². The molecule has 4 amide bonds. The number of amides is 4. The van der Waals surface area contributed by atoms with Crippen molar-refractivity contribution in [1.82, 2.24) is 10.2 Å². The standard InChI is InChI=1S/C11H14FN3O2/c1-2-15(10(13)16)11(17)14-7-8-3-5-9(12)6-4-8/h3-6H,2,7H2,1H3,(H2,13,16)(H,14,17). The van der Waals surface area contributed by atoms with E-state index in [1.807, 2.05) is 0 Å². The molecule has 0 radical (unpaired) electrons. The lowest BCUT2D eigenvalue weighted by atomic mass is 10.2. The van der Waals surface area contributed by atoms with Crippen LogP contribution in [0.15, 0.2) is 24.3 Å². The fourth-order valence-electron chi connectivity index (χ4n) is 1.27. The van der Waals surface area contributed by atoms with Crippen LogP contribution in [0.3, 0.4) is 0 Å². The van der Waals surface area contributed by atoms with Gasteiger partial charge in [0.1, 0.15) is 5.82 Å². The topological polar surface area (TPSA) is 75.4 Å². The van der Waals surface area contributed by atoms with Crippen molar-refractivity contribution in [3.05, 3.63) is 35.6 Å². The van der Waals surface area contributed by atoms with Crippen LogP contribution >= 0.6 is 0 Å². The summed E-state index contributed by atoms with van der Waals surface area (Å²) in [4.78, 5) is 23.2. The van der Waals surface area contributed by atoms with Crippen LogP contribution in [0.5, 0.6) is 0 Å². The van der Waals surface area contributed by atoms with Crippen molar-refractivity contribution in [1.29, 1.82) is 0 Å². The molecule has 1 aromatic rings. The van der Waals surface area contributed by atoms with Gasteiger partial charge in [-0.3, -0.25) is 0 Å². The molecule has 1 rings (SSSR count). The van der Waals surface area contributed by atoms with Gasteiger partial charge in [-0.1, -0.05) is 12.1 Å². The number of hydrogen-bond acceptors (Lipinski definition) is 2. The van der Waals surface area contributed by atoms with E-state index in [1.54, 1.807) is 19.1 Å². The molecule has 6 heteroatoms. The van der Waals surface area contributed by atoms with E-state index >= 15 is 0 Å². The summed E-state index contributed by atoms with van der Waals surface area (Å²) < 4.78 is 12.6. The van der Waals surface area contributed by atoms with Gasteiger partial charge in [-0.2, -0.15) is 0 Å². The number of nitrogens with two attached hydrogens (primary N) is 1. The molecule has 0 aliphatic rings. The van der Waals surface area contributed by atoms with E-state index in [-0.39, 0.29) is 18.9 Å². The van der Waals surface area contributed by atoms with Gasteiger partial charge >= 0.3 is 12.1 Å². The molecule has 0 aliphatic carbocycles. The Balaban J connectivity index is 2.53. The highest BCUT2D eigenvalue weighted by molar-refractivity contribution is 5.92. The molecule has 1 aromatic carbocycles. The molecule has 17 heavy (non-hydrogen) atoms. The van der Waals surface area contributed by atoms with Gasteiger partial charge in [-0.15, -0.1) is 0 Å². The minimum atomic E-state index is -0.802. The summed E-state index contributed by atoms with van der Waals surface area (Å²) in [7, 11) is 0. The van der Waals surface area contributed by atoms with Crippen molar-refractivity contribution in [2.45, 2.75) is 13.5 Å². The highest BCUT2D eigenvalue weighted by Crippen LogP contribution is 2.02. The maximum Gasteiger partial charge on any atom is 0.325 e. The van der Waals surface area contributed by atoms with Crippen molar-refractivity contribution < 1.29 is 14.0 Å². The summed E-state index contributed by atoms with van der Waals surface area (Å²) in [5, 5.41) is 2.51. The maximum absolute atomic E-state index is 12.6. The zero-order chi connectivity index (χ0) is 12.8. The average Bonchev–Trinajstić information content (AvgIpc) is 2.28. The monoisotopic (exact) mass is 239 g/mol. The van der Waals surface area contributed by atoms with Crippen LogP contribution < -0.4 is 11.1 Å². The Morgan fingerprint density at radius 1 is 1.35 bits per heavy atom. The molecule has 0 heterocycles. The van der Waals surface area contributed by atoms with Gasteiger partial charge in [0, 0.05) is 13.1 Å². The summed E-state index contributed by atoms with van der Waals surface area (Å²) in [6.45, 7) is 2.05. The summed E-state index contributed by atoms with van der Waals surface area (Å²) >= 11 is 0. The van der Waals surface area contributed by atoms with E-state index < -0.39 is 12.1 Å². The third kappa shape index (κ3) is 3.75. The van der Waals surface area contributed by atoms with Gasteiger partial charge in [-0.25, -0.2) is 18.9 Å². The normalized spacial score (nSPS) is 9.76. The first-order chi connectivity index (χ1) is 8.04. The number of benzene rings is 1. The molecule has 0 saturated carbocycles. The Kier molecular flexibility index (Phi) is 4.45. The molecule has 92 valence electrons. The van der Waals surface area contributed by atoms with Crippen LogP contribution in [0.2, 0.25) is 0 Å². The van der Waals surface area contributed by atoms with Gasteiger partial charge in [0.05, 0.1) is 0 Å². The average molecular weight is 239 g/mol. The SMILES string of the molecule is CCN(C(N)=O)C(=O)NCc1ccc(F)cc1. The number of imide groups is 1. The summed E-state index contributed by atoms with van der Waals surface area (Å²) in [6.07, 6.45) is 0. The molecule has 0 bridgehead atoms. The number of carbonyl (C=O) groups excluding carboxylic acids is 2. The Morgan fingerprint density at radius 3 is 2.41 bits per heavy atom. The number of nitrogens with one attached hydrogen (secondary N) is 1. The number of primary amides is 1. The number of carbonyl (C=O) groups is 2. The molecule has 3 N–H and O–H groups in total. The highest BCUT2D eigenvalue weighted by Gasteiger charge is 2.15. The third-order valence-electron chi connectivity index (χ3n) is 2.18. The van der Waals surface area contributed by atoms with Crippen LogP contribution in [0.1, 0.15) is 12.5 Å². The highest BCUT2D eigenvalue weighted by atomic mass is 19.1. The van der Waals surface area contributed by atoms with E-state index in [0.29, 0.717) is 0 Å². The summed E-state index contributed by atoms with van der Waals surface area (Å²) in [6, 6.07) is 4.33. The van der Waals surface area contributed by atoms with Crippen molar-refractivity contribution >= 4 is 12.1 Å². The largest absolute Gasteiger partial charge is 0.351 e. The van der Waals surface area contributed by atoms with Crippen molar-refractivity contribution in [3.8, 4) is 0 Å². The molecular weight excluding hydrogens is 225 g/mol. The smallest absolute Gasteiger partial charge is 0.325 e. The number of halogens is 1. The molecule has 0 aliphatic heterocycles. The molecule has 0 saturated heterocycles. The Morgan fingerprint density at radius 2 is 1.94 bits per heavy atom. The molecule has 0 spiro atoms. The van der Waals surface area contributed by atoms with Crippen molar-refractivity contribution in [3.63, 3.8) is 0 Å². The lowest BCUT2D eigenvalue weighted by Gasteiger charge is -2.16. The zero-order valence-corrected chi connectivity index (χ0v) is 9.44. The second-order valence-corrected chi connectivity index (χ2v) is 3.37. The molecule has 0 unspecified atom stereocenters. The summed E-state index contributed by atoms with van der Waals surface area (Å²) in [5.41, 5.74) is 5.75. The van der Waals surface area contributed by atoms with E-state index in [2.05, 4.69) is 5.32 Å². The van der Waals surface area contributed by atoms with Gasteiger partial charge in [0.2, 0.25) is 0 Å². The van der Waals surface area contributed by atoms with Crippen molar-refractivity contribution in [2.75, 3.05) is 6.54 Å². The molecular formula is C11H14FN3O2. The number of nitrogens with zero attached hydrogens (tertiary/aromatic N) is 1. The molecule has 0 fully saturated rings. The molecule has 5 nitrogen and oxygen atoms in total. The fraction of sp³-hybridized carbons (Fsp3) is 0.273. The summed E-state index contributed by atoms with van der Waals surface area (Å²) in [5.74, 6) is -0.340. The Labute approximate surface area is 98.4 Å². The predicted octanol–water partition coefficient (Wildman–Crippen LogP) is 1.44.